The van der Waals surface area contributed by atoms with E-state index in [1.54, 1.807) is 18.4 Å². The molecule has 1 aromatic carbocycles. The van der Waals surface area contributed by atoms with Crippen molar-refractivity contribution >= 4 is 45.7 Å². The molecule has 0 saturated heterocycles. The fraction of sp³-hybridized carbons (Fsp3) is 0.111. The second-order valence-corrected chi connectivity index (χ2v) is 4.48. The van der Waals surface area contributed by atoms with Crippen LogP contribution in [0.5, 0.6) is 5.06 Å². The summed E-state index contributed by atoms with van der Waals surface area (Å²) < 4.78 is 6.27. The maximum atomic E-state index is 5.86. The van der Waals surface area contributed by atoms with E-state index in [1.807, 2.05) is 18.2 Å². The van der Waals surface area contributed by atoms with Gasteiger partial charge in [0.15, 0.2) is 5.06 Å². The fourth-order valence-corrected chi connectivity index (χ4v) is 2.86. The zero-order valence-corrected chi connectivity index (χ0v) is 9.34. The van der Waals surface area contributed by atoms with Crippen molar-refractivity contribution < 1.29 is 4.74 Å². The SMILES string of the molecule is COc1sc2cc(Cl)ccc2c1S. The lowest BCUT2D eigenvalue weighted by molar-refractivity contribution is 0.419. The molecule has 2 aromatic rings. The monoisotopic (exact) mass is 230 g/mol. The van der Waals surface area contributed by atoms with Gasteiger partial charge in [0.25, 0.3) is 0 Å². The molecule has 0 fully saturated rings. The molecular formula is C9H7ClOS2. The first kappa shape index (κ1) is 9.19. The number of halogens is 1. The molecule has 13 heavy (non-hydrogen) atoms. The van der Waals surface area contributed by atoms with E-state index in [-0.39, 0.29) is 0 Å². The molecule has 0 aliphatic carbocycles. The molecule has 0 aliphatic rings. The van der Waals surface area contributed by atoms with E-state index in [2.05, 4.69) is 12.6 Å². The van der Waals surface area contributed by atoms with Crippen LogP contribution in [0.1, 0.15) is 0 Å². The number of methoxy groups -OCH3 is 1. The van der Waals surface area contributed by atoms with Crippen LogP contribution >= 0.6 is 35.6 Å². The summed E-state index contributed by atoms with van der Waals surface area (Å²) in [6.07, 6.45) is 0. The minimum atomic E-state index is 0.740. The van der Waals surface area contributed by atoms with E-state index < -0.39 is 0 Å². The van der Waals surface area contributed by atoms with Crippen molar-refractivity contribution in [2.75, 3.05) is 7.11 Å². The molecule has 0 bridgehead atoms. The Balaban J connectivity index is 2.76. The molecule has 0 N–H and O–H groups in total. The largest absolute Gasteiger partial charge is 0.486 e. The van der Waals surface area contributed by atoms with Crippen LogP contribution < -0.4 is 4.74 Å². The molecule has 68 valence electrons. The lowest BCUT2D eigenvalue weighted by atomic mass is 10.3. The van der Waals surface area contributed by atoms with Gasteiger partial charge >= 0.3 is 0 Å². The first-order chi connectivity index (χ1) is 6.22. The summed E-state index contributed by atoms with van der Waals surface area (Å²) in [6, 6.07) is 5.73. The third-order valence-corrected chi connectivity index (χ3v) is 3.72. The Labute approximate surface area is 90.7 Å². The number of fused-ring (bicyclic) bond motifs is 1. The Morgan fingerprint density at radius 3 is 2.92 bits per heavy atom. The molecule has 1 heterocycles. The van der Waals surface area contributed by atoms with E-state index in [1.165, 1.54) is 0 Å². The van der Waals surface area contributed by atoms with Gasteiger partial charge in [0, 0.05) is 15.1 Å². The Hall–Kier alpha value is -0.380. The molecule has 0 spiro atoms. The first-order valence-corrected chi connectivity index (χ1v) is 5.31. The third-order valence-electron chi connectivity index (χ3n) is 1.78. The van der Waals surface area contributed by atoms with E-state index in [4.69, 9.17) is 16.3 Å². The van der Waals surface area contributed by atoms with Gasteiger partial charge in [-0.05, 0) is 12.1 Å². The van der Waals surface area contributed by atoms with Crippen molar-refractivity contribution in [3.8, 4) is 5.06 Å². The van der Waals surface area contributed by atoms with Gasteiger partial charge in [0.2, 0.25) is 0 Å². The highest BCUT2D eigenvalue weighted by Crippen LogP contribution is 2.40. The number of thiophene rings is 1. The molecule has 1 nitrogen and oxygen atoms in total. The second kappa shape index (κ2) is 3.40. The first-order valence-electron chi connectivity index (χ1n) is 3.67. The normalized spacial score (nSPS) is 10.7. The molecule has 2 rings (SSSR count). The molecule has 0 aliphatic heterocycles. The summed E-state index contributed by atoms with van der Waals surface area (Å²) in [6.45, 7) is 0. The van der Waals surface area contributed by atoms with Gasteiger partial charge in [-0.3, -0.25) is 0 Å². The van der Waals surface area contributed by atoms with Gasteiger partial charge in [0.05, 0.1) is 12.0 Å². The molecule has 0 radical (unpaired) electrons. The Morgan fingerprint density at radius 1 is 1.46 bits per heavy atom. The second-order valence-electron chi connectivity index (χ2n) is 2.58. The molecule has 0 saturated carbocycles. The van der Waals surface area contributed by atoms with Crippen molar-refractivity contribution in [1.29, 1.82) is 0 Å². The molecule has 0 amide bonds. The maximum Gasteiger partial charge on any atom is 0.188 e. The van der Waals surface area contributed by atoms with Gasteiger partial charge in [-0.2, -0.15) is 0 Å². The summed E-state index contributed by atoms with van der Waals surface area (Å²) in [5.74, 6) is 0. The highest BCUT2D eigenvalue weighted by atomic mass is 35.5. The predicted molar refractivity (Wildman–Crippen MR) is 60.6 cm³/mol. The number of rotatable bonds is 1. The Morgan fingerprint density at radius 2 is 2.23 bits per heavy atom. The van der Waals surface area contributed by atoms with Crippen molar-refractivity contribution in [2.45, 2.75) is 4.90 Å². The molecule has 0 atom stereocenters. The van der Waals surface area contributed by atoms with Crippen LogP contribution in [0.3, 0.4) is 0 Å². The Kier molecular flexibility index (Phi) is 2.41. The topological polar surface area (TPSA) is 9.23 Å². The van der Waals surface area contributed by atoms with E-state index in [0.29, 0.717) is 0 Å². The maximum absolute atomic E-state index is 5.86. The summed E-state index contributed by atoms with van der Waals surface area (Å²) in [4.78, 5) is 0.888. The summed E-state index contributed by atoms with van der Waals surface area (Å²) in [7, 11) is 1.64. The summed E-state index contributed by atoms with van der Waals surface area (Å²) >= 11 is 11.8. The van der Waals surface area contributed by atoms with Gasteiger partial charge in [-0.25, -0.2) is 0 Å². The van der Waals surface area contributed by atoms with Crippen molar-refractivity contribution in [3.63, 3.8) is 0 Å². The average molecular weight is 231 g/mol. The van der Waals surface area contributed by atoms with Crippen molar-refractivity contribution in [2.24, 2.45) is 0 Å². The number of benzene rings is 1. The average Bonchev–Trinajstić information content (AvgIpc) is 2.42. The minimum Gasteiger partial charge on any atom is -0.486 e. The zero-order valence-electron chi connectivity index (χ0n) is 6.87. The Bertz CT molecular complexity index is 450. The van der Waals surface area contributed by atoms with Crippen LogP contribution in [-0.4, -0.2) is 7.11 Å². The van der Waals surface area contributed by atoms with Crippen LogP contribution in [0.2, 0.25) is 5.02 Å². The van der Waals surface area contributed by atoms with Gasteiger partial charge in [-0.1, -0.05) is 29.0 Å². The number of hydrogen-bond donors (Lipinski definition) is 1. The minimum absolute atomic E-state index is 0.740. The van der Waals surface area contributed by atoms with Crippen molar-refractivity contribution in [3.05, 3.63) is 23.2 Å². The number of hydrogen-bond acceptors (Lipinski definition) is 3. The molecule has 4 heteroatoms. The van der Waals surface area contributed by atoms with Gasteiger partial charge in [0.1, 0.15) is 0 Å². The molecule has 0 unspecified atom stereocenters. The molecule has 1 aromatic heterocycles. The van der Waals surface area contributed by atoms with E-state index >= 15 is 0 Å². The quantitative estimate of drug-likeness (QED) is 0.733. The number of ether oxygens (including phenoxy) is 1. The lowest BCUT2D eigenvalue weighted by Crippen LogP contribution is -1.76. The van der Waals surface area contributed by atoms with Crippen LogP contribution in [0, 0.1) is 0 Å². The van der Waals surface area contributed by atoms with Crippen LogP contribution in [0.4, 0.5) is 0 Å². The van der Waals surface area contributed by atoms with Gasteiger partial charge < -0.3 is 4.74 Å². The highest BCUT2D eigenvalue weighted by Gasteiger charge is 2.08. The highest BCUT2D eigenvalue weighted by molar-refractivity contribution is 7.81. The fourth-order valence-electron chi connectivity index (χ4n) is 1.17. The van der Waals surface area contributed by atoms with E-state index in [0.717, 1.165) is 25.1 Å². The van der Waals surface area contributed by atoms with Crippen molar-refractivity contribution in [1.82, 2.24) is 0 Å². The predicted octanol–water partition coefficient (Wildman–Crippen LogP) is 3.85. The van der Waals surface area contributed by atoms with E-state index in [9.17, 15) is 0 Å². The van der Waals surface area contributed by atoms with Crippen LogP contribution in [0.15, 0.2) is 23.1 Å². The standard InChI is InChI=1S/C9H7ClOS2/c1-11-9-8(12)6-3-2-5(10)4-7(6)13-9/h2-4,12H,1H3. The summed E-state index contributed by atoms with van der Waals surface area (Å²) in [5.41, 5.74) is 0. The van der Waals surface area contributed by atoms with Crippen LogP contribution in [0.25, 0.3) is 10.1 Å². The van der Waals surface area contributed by atoms with Gasteiger partial charge in [-0.15, -0.1) is 12.6 Å². The number of thiol groups is 1. The zero-order chi connectivity index (χ0) is 9.42. The smallest absolute Gasteiger partial charge is 0.188 e. The lowest BCUT2D eigenvalue weighted by Gasteiger charge is -1.93. The third kappa shape index (κ3) is 1.52. The molecular weight excluding hydrogens is 224 g/mol. The summed E-state index contributed by atoms with van der Waals surface area (Å²) in [5, 5.41) is 2.67. The van der Waals surface area contributed by atoms with Crippen LogP contribution in [-0.2, 0) is 0 Å².